The minimum Gasteiger partial charge on any atom is -0.253 e. The summed E-state index contributed by atoms with van der Waals surface area (Å²) >= 11 is 12.8. The standard InChI is InChI=1S/C9H4Br2ClN/c10-6-3-1-2-5-8(11)7(12)4-13-9(5)6/h1-4H. The van der Waals surface area contributed by atoms with Crippen molar-refractivity contribution < 1.29 is 0 Å². The number of hydrogen-bond acceptors (Lipinski definition) is 1. The summed E-state index contributed by atoms with van der Waals surface area (Å²) in [6.07, 6.45) is 1.64. The second kappa shape index (κ2) is 3.56. The molecule has 0 N–H and O–H groups in total. The first-order valence-corrected chi connectivity index (χ1v) is 5.55. The maximum Gasteiger partial charge on any atom is 0.0856 e. The van der Waals surface area contributed by atoms with Gasteiger partial charge in [0.15, 0.2) is 0 Å². The van der Waals surface area contributed by atoms with Crippen LogP contribution in [0.1, 0.15) is 0 Å². The first-order valence-electron chi connectivity index (χ1n) is 3.58. The molecule has 1 heterocycles. The van der Waals surface area contributed by atoms with E-state index in [1.807, 2.05) is 18.2 Å². The van der Waals surface area contributed by atoms with Crippen LogP contribution in [0.2, 0.25) is 5.02 Å². The molecule has 1 nitrogen and oxygen atoms in total. The van der Waals surface area contributed by atoms with E-state index in [-0.39, 0.29) is 0 Å². The quantitative estimate of drug-likeness (QED) is 0.700. The summed E-state index contributed by atoms with van der Waals surface area (Å²) in [5.74, 6) is 0. The number of hydrogen-bond donors (Lipinski definition) is 0. The SMILES string of the molecule is Clc1cnc2c(Br)cccc2c1Br. The van der Waals surface area contributed by atoms with E-state index in [0.29, 0.717) is 5.02 Å². The monoisotopic (exact) mass is 319 g/mol. The van der Waals surface area contributed by atoms with Gasteiger partial charge in [0, 0.05) is 20.5 Å². The molecular formula is C9H4Br2ClN. The molecule has 13 heavy (non-hydrogen) atoms. The molecule has 2 rings (SSSR count). The number of para-hydroxylation sites is 1. The van der Waals surface area contributed by atoms with E-state index in [4.69, 9.17) is 11.6 Å². The summed E-state index contributed by atoms with van der Waals surface area (Å²) < 4.78 is 1.86. The lowest BCUT2D eigenvalue weighted by molar-refractivity contribution is 1.39. The van der Waals surface area contributed by atoms with Crippen molar-refractivity contribution in [1.82, 2.24) is 4.98 Å². The van der Waals surface area contributed by atoms with Crippen LogP contribution in [0.25, 0.3) is 10.9 Å². The molecule has 0 atom stereocenters. The van der Waals surface area contributed by atoms with Crippen LogP contribution in [-0.4, -0.2) is 4.98 Å². The third-order valence-corrected chi connectivity index (χ3v) is 3.75. The van der Waals surface area contributed by atoms with Gasteiger partial charge in [0.05, 0.1) is 10.5 Å². The predicted octanol–water partition coefficient (Wildman–Crippen LogP) is 4.41. The third-order valence-electron chi connectivity index (χ3n) is 1.74. The van der Waals surface area contributed by atoms with Gasteiger partial charge in [-0.05, 0) is 37.9 Å². The highest BCUT2D eigenvalue weighted by Crippen LogP contribution is 2.32. The molecule has 0 saturated heterocycles. The van der Waals surface area contributed by atoms with Gasteiger partial charge < -0.3 is 0 Å². The molecule has 0 aliphatic rings. The molecule has 1 aromatic carbocycles. The summed E-state index contributed by atoms with van der Waals surface area (Å²) in [4.78, 5) is 4.23. The van der Waals surface area contributed by atoms with Crippen molar-refractivity contribution in [3.8, 4) is 0 Å². The second-order valence-corrected chi connectivity index (χ2v) is 4.61. The molecule has 0 aliphatic heterocycles. The Morgan fingerprint density at radius 2 is 2.00 bits per heavy atom. The lowest BCUT2D eigenvalue weighted by Gasteiger charge is -2.02. The van der Waals surface area contributed by atoms with Crippen molar-refractivity contribution in [2.75, 3.05) is 0 Å². The van der Waals surface area contributed by atoms with Crippen LogP contribution in [0.15, 0.2) is 33.3 Å². The normalized spacial score (nSPS) is 10.7. The highest BCUT2D eigenvalue weighted by Gasteiger charge is 2.05. The molecule has 0 aliphatic carbocycles. The molecular weight excluding hydrogens is 317 g/mol. The number of benzene rings is 1. The van der Waals surface area contributed by atoms with Crippen LogP contribution in [0.5, 0.6) is 0 Å². The Kier molecular flexibility index (Phi) is 2.58. The van der Waals surface area contributed by atoms with Gasteiger partial charge in [-0.15, -0.1) is 0 Å². The zero-order chi connectivity index (χ0) is 9.42. The van der Waals surface area contributed by atoms with Gasteiger partial charge in [-0.2, -0.15) is 0 Å². The fourth-order valence-electron chi connectivity index (χ4n) is 1.13. The van der Waals surface area contributed by atoms with Crippen LogP contribution in [0, 0.1) is 0 Å². The molecule has 0 saturated carbocycles. The van der Waals surface area contributed by atoms with E-state index in [0.717, 1.165) is 19.8 Å². The summed E-state index contributed by atoms with van der Waals surface area (Å²) in [6.45, 7) is 0. The van der Waals surface area contributed by atoms with Crippen LogP contribution in [-0.2, 0) is 0 Å². The smallest absolute Gasteiger partial charge is 0.0856 e. The first kappa shape index (κ1) is 9.44. The fourth-order valence-corrected chi connectivity index (χ4v) is 2.17. The average Bonchev–Trinajstić information content (AvgIpc) is 2.12. The molecule has 0 radical (unpaired) electrons. The van der Waals surface area contributed by atoms with Gasteiger partial charge in [-0.1, -0.05) is 23.7 Å². The van der Waals surface area contributed by atoms with E-state index in [1.54, 1.807) is 6.20 Å². The number of halogens is 3. The summed E-state index contributed by atoms with van der Waals surface area (Å²) in [5.41, 5.74) is 0.916. The number of fused-ring (bicyclic) bond motifs is 1. The molecule has 0 amide bonds. The van der Waals surface area contributed by atoms with E-state index >= 15 is 0 Å². The lowest BCUT2D eigenvalue weighted by Crippen LogP contribution is -1.82. The van der Waals surface area contributed by atoms with E-state index < -0.39 is 0 Å². The van der Waals surface area contributed by atoms with Crippen molar-refractivity contribution in [3.05, 3.63) is 38.4 Å². The van der Waals surface area contributed by atoms with Crippen molar-refractivity contribution in [2.24, 2.45) is 0 Å². The molecule has 0 unspecified atom stereocenters. The Balaban J connectivity index is 2.94. The summed E-state index contributed by atoms with van der Waals surface area (Å²) in [7, 11) is 0. The van der Waals surface area contributed by atoms with E-state index in [2.05, 4.69) is 36.8 Å². The summed E-state index contributed by atoms with van der Waals surface area (Å²) in [5, 5.41) is 1.65. The zero-order valence-electron chi connectivity index (χ0n) is 6.39. The molecule has 0 spiro atoms. The Labute approximate surface area is 97.4 Å². The number of pyridine rings is 1. The van der Waals surface area contributed by atoms with Gasteiger partial charge >= 0.3 is 0 Å². The van der Waals surface area contributed by atoms with Crippen LogP contribution < -0.4 is 0 Å². The Morgan fingerprint density at radius 1 is 1.23 bits per heavy atom. The lowest BCUT2D eigenvalue weighted by atomic mass is 10.2. The highest BCUT2D eigenvalue weighted by atomic mass is 79.9. The van der Waals surface area contributed by atoms with Crippen molar-refractivity contribution in [1.29, 1.82) is 0 Å². The average molecular weight is 321 g/mol. The zero-order valence-corrected chi connectivity index (χ0v) is 10.3. The maximum absolute atomic E-state index is 5.92. The third kappa shape index (κ3) is 1.60. The predicted molar refractivity (Wildman–Crippen MR) is 62.2 cm³/mol. The highest BCUT2D eigenvalue weighted by molar-refractivity contribution is 9.11. The van der Waals surface area contributed by atoms with Gasteiger partial charge in [-0.25, -0.2) is 0 Å². The Hall–Kier alpha value is -0.120. The molecule has 66 valence electrons. The van der Waals surface area contributed by atoms with Crippen molar-refractivity contribution in [2.45, 2.75) is 0 Å². The summed E-state index contributed by atoms with van der Waals surface area (Å²) in [6, 6.07) is 5.88. The van der Waals surface area contributed by atoms with Gasteiger partial charge in [0.2, 0.25) is 0 Å². The minimum atomic E-state index is 0.630. The molecule has 1 aromatic heterocycles. The number of nitrogens with zero attached hydrogens (tertiary/aromatic N) is 1. The fraction of sp³-hybridized carbons (Fsp3) is 0. The number of aromatic nitrogens is 1. The van der Waals surface area contributed by atoms with E-state index in [1.165, 1.54) is 0 Å². The van der Waals surface area contributed by atoms with Gasteiger partial charge in [-0.3, -0.25) is 4.98 Å². The number of rotatable bonds is 0. The molecule has 4 heteroatoms. The topological polar surface area (TPSA) is 12.9 Å². The minimum absolute atomic E-state index is 0.630. The first-order chi connectivity index (χ1) is 6.20. The molecule has 2 aromatic rings. The Bertz CT molecular complexity index is 470. The van der Waals surface area contributed by atoms with E-state index in [9.17, 15) is 0 Å². The van der Waals surface area contributed by atoms with Gasteiger partial charge in [0.1, 0.15) is 0 Å². The Morgan fingerprint density at radius 3 is 2.77 bits per heavy atom. The van der Waals surface area contributed by atoms with Crippen LogP contribution in [0.3, 0.4) is 0 Å². The maximum atomic E-state index is 5.92. The molecule has 0 fully saturated rings. The molecule has 0 bridgehead atoms. The second-order valence-electron chi connectivity index (χ2n) is 2.56. The van der Waals surface area contributed by atoms with Crippen molar-refractivity contribution in [3.63, 3.8) is 0 Å². The van der Waals surface area contributed by atoms with Crippen molar-refractivity contribution >= 4 is 54.4 Å². The van der Waals surface area contributed by atoms with Gasteiger partial charge in [0.25, 0.3) is 0 Å². The largest absolute Gasteiger partial charge is 0.253 e. The van der Waals surface area contributed by atoms with Crippen LogP contribution in [0.4, 0.5) is 0 Å². The van der Waals surface area contributed by atoms with Crippen LogP contribution >= 0.6 is 43.5 Å².